The summed E-state index contributed by atoms with van der Waals surface area (Å²) >= 11 is 0. The molecule has 28 heavy (non-hydrogen) atoms. The third-order valence-corrected chi connectivity index (χ3v) is 4.27. The zero-order chi connectivity index (χ0) is 19.9. The number of rotatable bonds is 8. The third-order valence-electron chi connectivity index (χ3n) is 4.27. The van der Waals surface area contributed by atoms with Crippen molar-refractivity contribution >= 4 is 12.3 Å². The van der Waals surface area contributed by atoms with Gasteiger partial charge in [0.2, 0.25) is 6.41 Å². The zero-order valence-electron chi connectivity index (χ0n) is 15.9. The SMILES string of the molecule is CCN(CCNC=O)C(=O)c1cc(-c2ccc(C)cn2)n(-c2cccnc2)n1. The van der Waals surface area contributed by atoms with Gasteiger partial charge >= 0.3 is 0 Å². The lowest BCUT2D eigenvalue weighted by Gasteiger charge is -2.19. The van der Waals surface area contributed by atoms with E-state index in [0.29, 0.717) is 43.1 Å². The highest BCUT2D eigenvalue weighted by atomic mass is 16.2. The molecule has 3 aromatic heterocycles. The van der Waals surface area contributed by atoms with Crippen LogP contribution in [0.15, 0.2) is 48.9 Å². The summed E-state index contributed by atoms with van der Waals surface area (Å²) < 4.78 is 1.68. The van der Waals surface area contributed by atoms with Crippen LogP contribution in [-0.2, 0) is 4.79 Å². The molecule has 0 aromatic carbocycles. The first-order valence-corrected chi connectivity index (χ1v) is 9.03. The highest BCUT2D eigenvalue weighted by molar-refractivity contribution is 5.93. The van der Waals surface area contributed by atoms with Crippen LogP contribution in [-0.4, -0.2) is 56.6 Å². The largest absolute Gasteiger partial charge is 0.357 e. The van der Waals surface area contributed by atoms with Crippen LogP contribution in [0.3, 0.4) is 0 Å². The van der Waals surface area contributed by atoms with Crippen molar-refractivity contribution in [3.8, 4) is 17.1 Å². The first kappa shape index (κ1) is 19.2. The molecule has 3 rings (SSSR count). The molecule has 0 fully saturated rings. The van der Waals surface area contributed by atoms with Crippen LogP contribution in [0.25, 0.3) is 17.1 Å². The van der Waals surface area contributed by atoms with Gasteiger partial charge in [-0.2, -0.15) is 5.10 Å². The molecule has 0 aliphatic heterocycles. The molecule has 8 nitrogen and oxygen atoms in total. The second kappa shape index (κ2) is 8.90. The summed E-state index contributed by atoms with van der Waals surface area (Å²) in [6.07, 6.45) is 5.77. The molecule has 0 spiro atoms. The van der Waals surface area contributed by atoms with E-state index in [1.807, 2.05) is 38.1 Å². The van der Waals surface area contributed by atoms with E-state index >= 15 is 0 Å². The third kappa shape index (κ3) is 4.22. The Morgan fingerprint density at radius 3 is 2.79 bits per heavy atom. The first-order chi connectivity index (χ1) is 13.6. The van der Waals surface area contributed by atoms with Gasteiger partial charge in [0.05, 0.1) is 23.3 Å². The monoisotopic (exact) mass is 378 g/mol. The fourth-order valence-electron chi connectivity index (χ4n) is 2.79. The Morgan fingerprint density at radius 1 is 1.29 bits per heavy atom. The number of aromatic nitrogens is 4. The van der Waals surface area contributed by atoms with Crippen molar-refractivity contribution in [3.05, 3.63) is 60.2 Å². The van der Waals surface area contributed by atoms with E-state index in [4.69, 9.17) is 0 Å². The minimum absolute atomic E-state index is 0.203. The lowest BCUT2D eigenvalue weighted by atomic mass is 10.2. The molecule has 0 atom stereocenters. The van der Waals surface area contributed by atoms with Crippen LogP contribution in [0.5, 0.6) is 0 Å². The Morgan fingerprint density at radius 2 is 2.14 bits per heavy atom. The van der Waals surface area contributed by atoms with Crippen molar-refractivity contribution in [1.29, 1.82) is 0 Å². The van der Waals surface area contributed by atoms with Crippen LogP contribution >= 0.6 is 0 Å². The normalized spacial score (nSPS) is 10.5. The summed E-state index contributed by atoms with van der Waals surface area (Å²) in [5.74, 6) is -0.203. The highest BCUT2D eigenvalue weighted by Gasteiger charge is 2.21. The predicted octanol–water partition coefficient (Wildman–Crippen LogP) is 1.85. The molecule has 0 aliphatic rings. The molecule has 8 heteroatoms. The summed E-state index contributed by atoms with van der Waals surface area (Å²) in [5.41, 5.74) is 3.52. The van der Waals surface area contributed by atoms with Gasteiger partial charge in [-0.05, 0) is 43.7 Å². The number of likely N-dealkylation sites (N-methyl/N-ethyl adjacent to an activating group) is 1. The lowest BCUT2D eigenvalue weighted by molar-refractivity contribution is -0.109. The highest BCUT2D eigenvalue weighted by Crippen LogP contribution is 2.23. The summed E-state index contributed by atoms with van der Waals surface area (Å²) in [7, 11) is 0. The van der Waals surface area contributed by atoms with Crippen molar-refractivity contribution in [2.75, 3.05) is 19.6 Å². The molecule has 0 saturated heterocycles. The smallest absolute Gasteiger partial charge is 0.274 e. The molecular formula is C20H22N6O2. The van der Waals surface area contributed by atoms with Gasteiger partial charge in [-0.3, -0.25) is 19.6 Å². The minimum atomic E-state index is -0.203. The standard InChI is InChI=1S/C20H22N6O2/c1-3-25(10-9-22-14-27)20(28)18-11-19(17-7-6-15(2)12-23-17)26(24-18)16-5-4-8-21-13-16/h4-8,11-14H,3,9-10H2,1-2H3,(H,22,27). The van der Waals surface area contributed by atoms with Crippen LogP contribution in [0.4, 0.5) is 0 Å². The Hall–Kier alpha value is -3.55. The predicted molar refractivity (Wildman–Crippen MR) is 105 cm³/mol. The van der Waals surface area contributed by atoms with E-state index in [0.717, 1.165) is 11.3 Å². The second-order valence-electron chi connectivity index (χ2n) is 6.22. The van der Waals surface area contributed by atoms with Gasteiger partial charge in [0.15, 0.2) is 5.69 Å². The van der Waals surface area contributed by atoms with Gasteiger partial charge in [-0.25, -0.2) is 4.68 Å². The number of nitrogens with one attached hydrogen (secondary N) is 1. The molecule has 3 aromatic rings. The maximum Gasteiger partial charge on any atom is 0.274 e. The average molecular weight is 378 g/mol. The molecule has 144 valence electrons. The van der Waals surface area contributed by atoms with E-state index < -0.39 is 0 Å². The van der Waals surface area contributed by atoms with E-state index in [1.165, 1.54) is 0 Å². The van der Waals surface area contributed by atoms with Crippen molar-refractivity contribution < 1.29 is 9.59 Å². The van der Waals surface area contributed by atoms with Gasteiger partial charge < -0.3 is 10.2 Å². The number of carbonyl (C=O) groups is 2. The number of amides is 2. The van der Waals surface area contributed by atoms with Gasteiger partial charge in [0.1, 0.15) is 0 Å². The average Bonchev–Trinajstić information content (AvgIpc) is 3.17. The van der Waals surface area contributed by atoms with Crippen molar-refractivity contribution in [1.82, 2.24) is 30.0 Å². The topological polar surface area (TPSA) is 93.0 Å². The van der Waals surface area contributed by atoms with E-state index in [2.05, 4.69) is 20.4 Å². The summed E-state index contributed by atoms with van der Waals surface area (Å²) in [5, 5.41) is 7.11. The Balaban J connectivity index is 2.00. The Labute approximate surface area is 163 Å². The minimum Gasteiger partial charge on any atom is -0.357 e. The van der Waals surface area contributed by atoms with Gasteiger partial charge in [-0.15, -0.1) is 0 Å². The summed E-state index contributed by atoms with van der Waals surface area (Å²) in [4.78, 5) is 33.7. The van der Waals surface area contributed by atoms with Crippen molar-refractivity contribution in [2.24, 2.45) is 0 Å². The molecule has 0 unspecified atom stereocenters. The van der Waals surface area contributed by atoms with Crippen molar-refractivity contribution in [3.63, 3.8) is 0 Å². The molecule has 1 N–H and O–H groups in total. The zero-order valence-corrected chi connectivity index (χ0v) is 15.9. The van der Waals surface area contributed by atoms with Crippen LogP contribution < -0.4 is 5.32 Å². The second-order valence-corrected chi connectivity index (χ2v) is 6.22. The number of hydrogen-bond donors (Lipinski definition) is 1. The van der Waals surface area contributed by atoms with Gasteiger partial charge in [-0.1, -0.05) is 6.07 Å². The number of pyridine rings is 2. The first-order valence-electron chi connectivity index (χ1n) is 9.03. The van der Waals surface area contributed by atoms with E-state index in [-0.39, 0.29) is 5.91 Å². The lowest BCUT2D eigenvalue weighted by Crippen LogP contribution is -2.36. The molecule has 2 amide bonds. The molecule has 0 bridgehead atoms. The van der Waals surface area contributed by atoms with Gasteiger partial charge in [0.25, 0.3) is 5.91 Å². The fourth-order valence-corrected chi connectivity index (χ4v) is 2.79. The van der Waals surface area contributed by atoms with Crippen LogP contribution in [0, 0.1) is 6.92 Å². The van der Waals surface area contributed by atoms with Crippen molar-refractivity contribution in [2.45, 2.75) is 13.8 Å². The fraction of sp³-hybridized carbons (Fsp3) is 0.250. The number of aryl methyl sites for hydroxylation is 1. The quantitative estimate of drug-likeness (QED) is 0.477. The van der Waals surface area contributed by atoms with Gasteiger partial charge in [0, 0.05) is 32.0 Å². The van der Waals surface area contributed by atoms with E-state index in [1.54, 1.807) is 34.2 Å². The number of carbonyl (C=O) groups excluding carboxylic acids is 2. The maximum atomic E-state index is 13.0. The Kier molecular flexibility index (Phi) is 6.11. The molecule has 0 aliphatic carbocycles. The molecule has 3 heterocycles. The number of nitrogens with zero attached hydrogens (tertiary/aromatic N) is 5. The molecule has 0 radical (unpaired) electrons. The van der Waals surface area contributed by atoms with Crippen LogP contribution in [0.2, 0.25) is 0 Å². The molecule has 0 saturated carbocycles. The maximum absolute atomic E-state index is 13.0. The molecular weight excluding hydrogens is 356 g/mol. The van der Waals surface area contributed by atoms with Crippen LogP contribution in [0.1, 0.15) is 23.0 Å². The van der Waals surface area contributed by atoms with E-state index in [9.17, 15) is 9.59 Å². The summed E-state index contributed by atoms with van der Waals surface area (Å²) in [6.45, 7) is 5.16. The number of hydrogen-bond acceptors (Lipinski definition) is 5. The Bertz CT molecular complexity index is 937. The summed E-state index contributed by atoms with van der Waals surface area (Å²) in [6, 6.07) is 9.29.